The molecule has 0 aromatic rings. The van der Waals surface area contributed by atoms with Crippen molar-refractivity contribution in [1.82, 2.24) is 0 Å². The lowest BCUT2D eigenvalue weighted by Gasteiger charge is -2.18. The molecule has 0 heterocycles. The molecule has 0 aromatic carbocycles. The van der Waals surface area contributed by atoms with E-state index in [4.69, 9.17) is 11.6 Å². The Morgan fingerprint density at radius 3 is 2.83 bits per heavy atom. The molecule has 0 saturated carbocycles. The monoisotopic (exact) mass is 202 g/mol. The minimum atomic E-state index is 0.219. The van der Waals surface area contributed by atoms with E-state index >= 15 is 0 Å². The van der Waals surface area contributed by atoms with Crippen molar-refractivity contribution in [2.45, 2.75) is 37.8 Å². The van der Waals surface area contributed by atoms with Gasteiger partial charge in [-0.3, -0.25) is 0 Å². The second-order valence-corrected chi connectivity index (χ2v) is 5.46. The maximum Gasteiger partial charge on any atom is 0.0590 e. The third-order valence-electron chi connectivity index (χ3n) is 1.83. The zero-order chi connectivity index (χ0) is 9.14. The Bertz CT molecular complexity index is 216. The van der Waals surface area contributed by atoms with Gasteiger partial charge in [0.25, 0.3) is 0 Å². The van der Waals surface area contributed by atoms with Gasteiger partial charge in [0.15, 0.2) is 0 Å². The Morgan fingerprint density at radius 2 is 2.25 bits per heavy atom. The quantitative estimate of drug-likeness (QED) is 0.611. The number of rotatable bonds is 2. The predicted molar refractivity (Wildman–Crippen MR) is 58.8 cm³/mol. The molecule has 0 spiro atoms. The van der Waals surface area contributed by atoms with Crippen LogP contribution in [-0.4, -0.2) is 10.6 Å². The van der Waals surface area contributed by atoms with E-state index in [1.807, 2.05) is 11.8 Å². The molecule has 0 nitrogen and oxygen atoms in total. The summed E-state index contributed by atoms with van der Waals surface area (Å²) in [6, 6.07) is 0. The van der Waals surface area contributed by atoms with E-state index in [0.29, 0.717) is 5.25 Å². The number of halogens is 1. The minimum Gasteiger partial charge on any atom is -0.123 e. The first-order valence-electron chi connectivity index (χ1n) is 4.29. The predicted octanol–water partition coefficient (Wildman–Crippen LogP) is 3.97. The number of alkyl halides is 1. The third kappa shape index (κ3) is 2.56. The summed E-state index contributed by atoms with van der Waals surface area (Å²) >= 11 is 8.02. The van der Waals surface area contributed by atoms with Crippen LogP contribution in [0.25, 0.3) is 0 Å². The average molecular weight is 203 g/mol. The van der Waals surface area contributed by atoms with E-state index in [1.54, 1.807) is 0 Å². The standard InChI is InChI=1S/C10H15ClS/c1-7(2)12-10-6-4-5-9(11)8(10)3/h4,6-7,9H,5H2,1-3H3/t9-/m1/s1. The molecule has 1 atom stereocenters. The van der Waals surface area contributed by atoms with Crippen molar-refractivity contribution in [3.8, 4) is 0 Å². The Morgan fingerprint density at radius 1 is 1.58 bits per heavy atom. The first-order chi connectivity index (χ1) is 5.61. The first kappa shape index (κ1) is 10.2. The molecule has 0 aromatic heterocycles. The lowest BCUT2D eigenvalue weighted by atomic mass is 10.1. The van der Waals surface area contributed by atoms with Gasteiger partial charge in [-0.15, -0.1) is 23.4 Å². The molecule has 68 valence electrons. The molecule has 2 heteroatoms. The van der Waals surface area contributed by atoms with Crippen molar-refractivity contribution in [3.05, 3.63) is 22.6 Å². The first-order valence-corrected chi connectivity index (χ1v) is 5.61. The maximum atomic E-state index is 6.12. The Balaban J connectivity index is 2.72. The van der Waals surface area contributed by atoms with E-state index in [1.165, 1.54) is 10.5 Å². The van der Waals surface area contributed by atoms with Crippen molar-refractivity contribution >= 4 is 23.4 Å². The van der Waals surface area contributed by atoms with Crippen LogP contribution in [0.15, 0.2) is 22.6 Å². The molecule has 0 saturated heterocycles. The van der Waals surface area contributed by atoms with Gasteiger partial charge >= 0.3 is 0 Å². The highest BCUT2D eigenvalue weighted by atomic mass is 35.5. The van der Waals surface area contributed by atoms with Gasteiger partial charge in [0.1, 0.15) is 0 Å². The molecule has 12 heavy (non-hydrogen) atoms. The Hall–Kier alpha value is 0.120. The van der Waals surface area contributed by atoms with Gasteiger partial charge in [-0.2, -0.15) is 0 Å². The van der Waals surface area contributed by atoms with Gasteiger partial charge in [-0.1, -0.05) is 26.0 Å². The topological polar surface area (TPSA) is 0 Å². The minimum absolute atomic E-state index is 0.219. The number of allylic oxidation sites excluding steroid dienone is 3. The fraction of sp³-hybridized carbons (Fsp3) is 0.600. The molecule has 1 aliphatic rings. The second kappa shape index (κ2) is 4.38. The molecular weight excluding hydrogens is 188 g/mol. The van der Waals surface area contributed by atoms with Gasteiger partial charge in [0.05, 0.1) is 5.38 Å². The number of hydrogen-bond donors (Lipinski definition) is 0. The Kier molecular flexibility index (Phi) is 3.73. The maximum absolute atomic E-state index is 6.12. The van der Waals surface area contributed by atoms with Crippen LogP contribution in [-0.2, 0) is 0 Å². The molecule has 0 aliphatic heterocycles. The van der Waals surface area contributed by atoms with Gasteiger partial charge < -0.3 is 0 Å². The molecule has 0 N–H and O–H groups in total. The summed E-state index contributed by atoms with van der Waals surface area (Å²) in [5, 5.41) is 0.859. The van der Waals surface area contributed by atoms with Crippen LogP contribution >= 0.6 is 23.4 Å². The molecule has 0 amide bonds. The molecule has 1 rings (SSSR count). The van der Waals surface area contributed by atoms with E-state index in [2.05, 4.69) is 32.9 Å². The van der Waals surface area contributed by atoms with Crippen LogP contribution in [0, 0.1) is 0 Å². The smallest absolute Gasteiger partial charge is 0.0590 e. The Labute approximate surface area is 84.1 Å². The van der Waals surface area contributed by atoms with Crippen LogP contribution in [0.5, 0.6) is 0 Å². The lowest BCUT2D eigenvalue weighted by molar-refractivity contribution is 0.964. The zero-order valence-electron chi connectivity index (χ0n) is 7.80. The van der Waals surface area contributed by atoms with E-state index in [-0.39, 0.29) is 5.38 Å². The van der Waals surface area contributed by atoms with Gasteiger partial charge in [-0.25, -0.2) is 0 Å². The summed E-state index contributed by atoms with van der Waals surface area (Å²) in [6.07, 6.45) is 5.34. The third-order valence-corrected chi connectivity index (χ3v) is 3.52. The summed E-state index contributed by atoms with van der Waals surface area (Å²) in [7, 11) is 0. The molecular formula is C10H15ClS. The molecule has 1 aliphatic carbocycles. The SMILES string of the molecule is CC1=C(SC(C)C)C=CC[C@H]1Cl. The average Bonchev–Trinajstić information content (AvgIpc) is 1.98. The van der Waals surface area contributed by atoms with Crippen molar-refractivity contribution in [1.29, 1.82) is 0 Å². The summed E-state index contributed by atoms with van der Waals surface area (Å²) in [4.78, 5) is 1.36. The number of hydrogen-bond acceptors (Lipinski definition) is 1. The highest BCUT2D eigenvalue weighted by molar-refractivity contribution is 8.03. The molecule has 0 unspecified atom stereocenters. The fourth-order valence-corrected chi connectivity index (χ4v) is 2.44. The van der Waals surface area contributed by atoms with Crippen molar-refractivity contribution < 1.29 is 0 Å². The van der Waals surface area contributed by atoms with Crippen LogP contribution in [0.4, 0.5) is 0 Å². The molecule has 0 fully saturated rings. The highest BCUT2D eigenvalue weighted by Gasteiger charge is 2.14. The number of thioether (sulfide) groups is 1. The molecule has 0 radical (unpaired) electrons. The van der Waals surface area contributed by atoms with E-state index in [0.717, 1.165) is 6.42 Å². The van der Waals surface area contributed by atoms with Crippen LogP contribution in [0.2, 0.25) is 0 Å². The second-order valence-electron chi connectivity index (χ2n) is 3.32. The summed E-state index contributed by atoms with van der Waals surface area (Å²) < 4.78 is 0. The van der Waals surface area contributed by atoms with E-state index < -0.39 is 0 Å². The van der Waals surface area contributed by atoms with Gasteiger partial charge in [0.2, 0.25) is 0 Å². The van der Waals surface area contributed by atoms with Crippen molar-refractivity contribution in [2.75, 3.05) is 0 Å². The summed E-state index contributed by atoms with van der Waals surface area (Å²) in [5.41, 5.74) is 1.33. The lowest BCUT2D eigenvalue weighted by Crippen LogP contribution is -2.05. The highest BCUT2D eigenvalue weighted by Crippen LogP contribution is 2.32. The van der Waals surface area contributed by atoms with Crippen molar-refractivity contribution in [3.63, 3.8) is 0 Å². The van der Waals surface area contributed by atoms with Gasteiger partial charge in [-0.05, 0) is 18.9 Å². The van der Waals surface area contributed by atoms with E-state index in [9.17, 15) is 0 Å². The normalized spacial score (nSPS) is 23.9. The van der Waals surface area contributed by atoms with Gasteiger partial charge in [0, 0.05) is 10.2 Å². The summed E-state index contributed by atoms with van der Waals surface area (Å²) in [6.45, 7) is 6.54. The van der Waals surface area contributed by atoms with Crippen LogP contribution in [0.3, 0.4) is 0 Å². The zero-order valence-corrected chi connectivity index (χ0v) is 9.38. The van der Waals surface area contributed by atoms with Crippen molar-refractivity contribution in [2.24, 2.45) is 0 Å². The summed E-state index contributed by atoms with van der Waals surface area (Å²) in [5.74, 6) is 0. The fourth-order valence-electron chi connectivity index (χ4n) is 1.14. The molecule has 0 bridgehead atoms. The largest absolute Gasteiger partial charge is 0.123 e. The van der Waals surface area contributed by atoms with Crippen LogP contribution in [0.1, 0.15) is 27.2 Å². The van der Waals surface area contributed by atoms with Crippen LogP contribution < -0.4 is 0 Å².